The molecule has 0 saturated carbocycles. The smallest absolute Gasteiger partial charge is 0.321 e. The van der Waals surface area contributed by atoms with Gasteiger partial charge in [0.05, 0.1) is 13.7 Å². The van der Waals surface area contributed by atoms with E-state index in [0.29, 0.717) is 17.6 Å². The summed E-state index contributed by atoms with van der Waals surface area (Å²) in [6.45, 7) is 3.40. The van der Waals surface area contributed by atoms with Crippen molar-refractivity contribution in [2.24, 2.45) is 7.05 Å². The van der Waals surface area contributed by atoms with Crippen LogP contribution in [-0.4, -0.2) is 53.1 Å². The molecule has 0 atom stereocenters. The predicted octanol–water partition coefficient (Wildman–Crippen LogP) is 0.000820. The molecule has 10 nitrogen and oxygen atoms in total. The minimum absolute atomic E-state index is 0.0340. The van der Waals surface area contributed by atoms with Gasteiger partial charge in [-0.1, -0.05) is 0 Å². The summed E-state index contributed by atoms with van der Waals surface area (Å²) in [6, 6.07) is 0.166. The monoisotopic (exact) mass is 367 g/mol. The number of imidazole rings is 1. The third kappa shape index (κ3) is 3.87. The Hall–Kier alpha value is -2.27. The van der Waals surface area contributed by atoms with Gasteiger partial charge < -0.3 is 14.2 Å². The molecule has 0 aromatic carbocycles. The molecule has 2 aromatic heterocycles. The van der Waals surface area contributed by atoms with Crippen LogP contribution >= 0.6 is 0 Å². The maximum Gasteiger partial charge on any atom is 0.321 e. The first-order valence-corrected chi connectivity index (χ1v) is 9.41. The van der Waals surface area contributed by atoms with E-state index in [4.69, 9.17) is 4.74 Å². The van der Waals surface area contributed by atoms with Crippen LogP contribution in [-0.2, 0) is 23.6 Å². The zero-order valence-corrected chi connectivity index (χ0v) is 15.2. The van der Waals surface area contributed by atoms with Crippen molar-refractivity contribution in [2.45, 2.75) is 31.3 Å². The van der Waals surface area contributed by atoms with Crippen LogP contribution in [0.5, 0.6) is 6.01 Å². The van der Waals surface area contributed by atoms with Crippen LogP contribution in [0.25, 0.3) is 0 Å². The highest BCUT2D eigenvalue weighted by molar-refractivity contribution is 7.89. The first-order chi connectivity index (χ1) is 11.9. The van der Waals surface area contributed by atoms with E-state index in [1.807, 2.05) is 4.90 Å². The molecule has 1 aliphatic rings. The largest absolute Gasteiger partial charge is 0.467 e. The average Bonchev–Trinajstić information content (AvgIpc) is 3.24. The van der Waals surface area contributed by atoms with Crippen LogP contribution < -0.4 is 14.4 Å². The van der Waals surface area contributed by atoms with E-state index in [9.17, 15) is 8.42 Å². The lowest BCUT2D eigenvalue weighted by Gasteiger charge is -2.16. The average molecular weight is 367 g/mol. The van der Waals surface area contributed by atoms with Gasteiger partial charge in [-0.3, -0.25) is 0 Å². The molecular formula is C14H21N7O3S. The first-order valence-electron chi connectivity index (χ1n) is 7.92. The van der Waals surface area contributed by atoms with E-state index in [1.165, 1.54) is 13.3 Å². The Kier molecular flexibility index (Phi) is 4.86. The Bertz CT molecular complexity index is 840. The van der Waals surface area contributed by atoms with E-state index < -0.39 is 10.0 Å². The lowest BCUT2D eigenvalue weighted by atomic mass is 10.4. The van der Waals surface area contributed by atoms with Crippen molar-refractivity contribution in [3.8, 4) is 6.01 Å². The summed E-state index contributed by atoms with van der Waals surface area (Å²) in [5.41, 5.74) is 0. The van der Waals surface area contributed by atoms with Crippen molar-refractivity contribution in [1.82, 2.24) is 29.2 Å². The molecule has 0 radical (unpaired) electrons. The highest BCUT2D eigenvalue weighted by Crippen LogP contribution is 2.18. The molecule has 0 amide bonds. The lowest BCUT2D eigenvalue weighted by Crippen LogP contribution is -2.26. The summed E-state index contributed by atoms with van der Waals surface area (Å²) in [5.74, 6) is 1.41. The van der Waals surface area contributed by atoms with Crippen molar-refractivity contribution in [3.05, 3.63) is 17.8 Å². The molecule has 1 N–H and O–H groups in total. The quantitative estimate of drug-likeness (QED) is 0.759. The summed E-state index contributed by atoms with van der Waals surface area (Å²) in [6.07, 6.45) is 3.62. The Labute approximate surface area is 146 Å². The van der Waals surface area contributed by atoms with Crippen LogP contribution in [0, 0.1) is 6.92 Å². The number of hydrogen-bond acceptors (Lipinski definition) is 8. The molecule has 25 heavy (non-hydrogen) atoms. The van der Waals surface area contributed by atoms with Crippen molar-refractivity contribution in [1.29, 1.82) is 0 Å². The van der Waals surface area contributed by atoms with E-state index in [-0.39, 0.29) is 17.6 Å². The molecule has 0 spiro atoms. The second kappa shape index (κ2) is 6.92. The Morgan fingerprint density at radius 2 is 1.92 bits per heavy atom. The minimum atomic E-state index is -3.75. The van der Waals surface area contributed by atoms with Crippen molar-refractivity contribution < 1.29 is 13.2 Å². The summed E-state index contributed by atoms with van der Waals surface area (Å²) in [7, 11) is -0.546. The standard InChI is InChI=1S/C14H21N7O3S/c1-10-16-12(9-20(10)2)25(22,23)15-8-11-17-13(19-14(18-11)24-3)21-6-4-5-7-21/h9,15H,4-8H2,1-3H3. The van der Waals surface area contributed by atoms with Crippen LogP contribution in [0.3, 0.4) is 0 Å². The minimum Gasteiger partial charge on any atom is -0.467 e. The van der Waals surface area contributed by atoms with Crippen molar-refractivity contribution >= 4 is 16.0 Å². The number of hydrogen-bond donors (Lipinski definition) is 1. The van der Waals surface area contributed by atoms with Crippen molar-refractivity contribution in [2.75, 3.05) is 25.1 Å². The zero-order valence-electron chi connectivity index (χ0n) is 14.4. The first kappa shape index (κ1) is 17.5. The molecule has 136 valence electrons. The Morgan fingerprint density at radius 1 is 1.20 bits per heavy atom. The third-order valence-electron chi connectivity index (χ3n) is 4.00. The maximum absolute atomic E-state index is 12.4. The van der Waals surface area contributed by atoms with Gasteiger partial charge in [0.1, 0.15) is 5.82 Å². The zero-order chi connectivity index (χ0) is 18.0. The van der Waals surface area contributed by atoms with Gasteiger partial charge in [-0.2, -0.15) is 15.0 Å². The van der Waals surface area contributed by atoms with Crippen molar-refractivity contribution in [3.63, 3.8) is 0 Å². The van der Waals surface area contributed by atoms with Gasteiger partial charge in [0.25, 0.3) is 10.0 Å². The van der Waals surface area contributed by atoms with Crippen LogP contribution in [0.2, 0.25) is 0 Å². The van der Waals surface area contributed by atoms with Gasteiger partial charge >= 0.3 is 6.01 Å². The van der Waals surface area contributed by atoms with E-state index >= 15 is 0 Å². The predicted molar refractivity (Wildman–Crippen MR) is 89.8 cm³/mol. The Balaban J connectivity index is 1.79. The van der Waals surface area contributed by atoms with E-state index in [1.54, 1.807) is 18.5 Å². The molecule has 3 heterocycles. The second-order valence-corrected chi connectivity index (χ2v) is 7.51. The number of methoxy groups -OCH3 is 1. The highest BCUT2D eigenvalue weighted by atomic mass is 32.2. The van der Waals surface area contributed by atoms with Gasteiger partial charge in [-0.05, 0) is 19.8 Å². The van der Waals surface area contributed by atoms with Gasteiger partial charge in [0.15, 0.2) is 10.9 Å². The third-order valence-corrected chi connectivity index (χ3v) is 5.27. The highest BCUT2D eigenvalue weighted by Gasteiger charge is 2.21. The Morgan fingerprint density at radius 3 is 2.52 bits per heavy atom. The number of nitrogens with zero attached hydrogens (tertiary/aromatic N) is 6. The molecule has 0 unspecified atom stereocenters. The van der Waals surface area contributed by atoms with Gasteiger partial charge in [-0.25, -0.2) is 18.1 Å². The van der Waals surface area contributed by atoms with Gasteiger partial charge in [0, 0.05) is 26.3 Å². The topological polar surface area (TPSA) is 115 Å². The van der Waals surface area contributed by atoms with Crippen LogP contribution in [0.15, 0.2) is 11.2 Å². The molecule has 0 bridgehead atoms. The molecular weight excluding hydrogens is 346 g/mol. The van der Waals surface area contributed by atoms with Gasteiger partial charge in [-0.15, -0.1) is 0 Å². The molecule has 2 aromatic rings. The lowest BCUT2D eigenvalue weighted by molar-refractivity contribution is 0.375. The summed E-state index contributed by atoms with van der Waals surface area (Å²) in [4.78, 5) is 18.8. The molecule has 11 heteroatoms. The van der Waals surface area contributed by atoms with Gasteiger partial charge in [0.2, 0.25) is 5.95 Å². The molecule has 3 rings (SSSR count). The van der Waals surface area contributed by atoms with Crippen LogP contribution in [0.4, 0.5) is 5.95 Å². The normalized spacial score (nSPS) is 14.9. The SMILES string of the molecule is COc1nc(CNS(=O)(=O)c2cn(C)c(C)n2)nc(N2CCCC2)n1. The summed E-state index contributed by atoms with van der Waals surface area (Å²) >= 11 is 0. The fraction of sp³-hybridized carbons (Fsp3) is 0.571. The van der Waals surface area contributed by atoms with E-state index in [2.05, 4.69) is 24.7 Å². The molecule has 1 fully saturated rings. The number of aryl methyl sites for hydroxylation is 2. The fourth-order valence-electron chi connectivity index (χ4n) is 2.50. The van der Waals surface area contributed by atoms with E-state index in [0.717, 1.165) is 25.9 Å². The number of rotatable bonds is 6. The van der Waals surface area contributed by atoms with Crippen LogP contribution in [0.1, 0.15) is 24.5 Å². The molecule has 1 aliphatic heterocycles. The summed E-state index contributed by atoms with van der Waals surface area (Å²) < 4.78 is 34.0. The number of sulfonamides is 1. The number of aromatic nitrogens is 5. The number of ether oxygens (including phenoxy) is 1. The number of anilines is 1. The summed E-state index contributed by atoms with van der Waals surface area (Å²) in [5, 5.41) is -0.0340. The molecule has 0 aliphatic carbocycles. The maximum atomic E-state index is 12.4. The molecule has 1 saturated heterocycles. The number of nitrogens with one attached hydrogen (secondary N) is 1. The fourth-order valence-corrected chi connectivity index (χ4v) is 3.52. The second-order valence-electron chi connectivity index (χ2n) is 5.79.